The fourth-order valence-electron chi connectivity index (χ4n) is 1.27. The molecule has 0 fully saturated rings. The first-order chi connectivity index (χ1) is 7.20. The molecule has 0 bridgehead atoms. The Bertz CT molecular complexity index is 455. The number of nitrogens with one attached hydrogen (secondary N) is 1. The third kappa shape index (κ3) is 1.71. The molecular formula is C9H8F2N4. The van der Waals surface area contributed by atoms with Crippen LogP contribution in [0.1, 0.15) is 17.4 Å². The van der Waals surface area contributed by atoms with Gasteiger partial charge in [0.25, 0.3) is 0 Å². The Kier molecular flexibility index (Phi) is 2.42. The van der Waals surface area contributed by atoms with Crippen molar-refractivity contribution in [2.45, 2.75) is 6.04 Å². The second-order valence-electron chi connectivity index (χ2n) is 2.99. The average Bonchev–Trinajstić information content (AvgIpc) is 2.74. The molecule has 0 amide bonds. The number of nitrogens with zero attached hydrogens (tertiary/aromatic N) is 2. The lowest BCUT2D eigenvalue weighted by molar-refractivity contribution is 0.493. The van der Waals surface area contributed by atoms with E-state index in [0.29, 0.717) is 5.82 Å². The van der Waals surface area contributed by atoms with Crippen molar-refractivity contribution in [3.63, 3.8) is 0 Å². The third-order valence-electron chi connectivity index (χ3n) is 2.04. The Labute approximate surface area is 84.1 Å². The lowest BCUT2D eigenvalue weighted by atomic mass is 10.1. The van der Waals surface area contributed by atoms with Crippen molar-refractivity contribution in [3.05, 3.63) is 47.5 Å². The first kappa shape index (κ1) is 9.72. The van der Waals surface area contributed by atoms with Gasteiger partial charge >= 0.3 is 0 Å². The molecule has 0 saturated carbocycles. The van der Waals surface area contributed by atoms with Crippen molar-refractivity contribution in [1.29, 1.82) is 0 Å². The minimum atomic E-state index is -0.957. The normalized spacial score (nSPS) is 12.7. The molecule has 0 aliphatic heterocycles. The minimum Gasteiger partial charge on any atom is -0.318 e. The zero-order chi connectivity index (χ0) is 10.8. The van der Waals surface area contributed by atoms with Gasteiger partial charge in [0.1, 0.15) is 12.2 Å². The number of H-pyrrole nitrogens is 1. The summed E-state index contributed by atoms with van der Waals surface area (Å²) in [6.45, 7) is 0. The van der Waals surface area contributed by atoms with Crippen LogP contribution in [-0.2, 0) is 0 Å². The fraction of sp³-hybridized carbons (Fsp3) is 0.111. The summed E-state index contributed by atoms with van der Waals surface area (Å²) in [6, 6.07) is 2.99. The Hall–Kier alpha value is -1.82. The molecule has 15 heavy (non-hydrogen) atoms. The van der Waals surface area contributed by atoms with Gasteiger partial charge in [-0.25, -0.2) is 13.8 Å². The molecule has 0 radical (unpaired) electrons. The SMILES string of the molecule is NC(c1ncn[nH]1)c1cccc(F)c1F. The Morgan fingerprint density at radius 3 is 2.80 bits per heavy atom. The van der Waals surface area contributed by atoms with E-state index in [2.05, 4.69) is 15.2 Å². The molecule has 2 rings (SSSR count). The quantitative estimate of drug-likeness (QED) is 0.780. The summed E-state index contributed by atoms with van der Waals surface area (Å²) in [4.78, 5) is 3.78. The maximum absolute atomic E-state index is 13.3. The summed E-state index contributed by atoms with van der Waals surface area (Å²) in [5.74, 6) is -1.59. The highest BCUT2D eigenvalue weighted by Gasteiger charge is 2.18. The standard InChI is InChI=1S/C9H8F2N4/c10-6-3-1-2-5(7(6)11)8(12)9-13-4-14-15-9/h1-4,8H,12H2,(H,13,14,15). The van der Waals surface area contributed by atoms with Crippen LogP contribution in [0.5, 0.6) is 0 Å². The van der Waals surface area contributed by atoms with Crippen LogP contribution in [0, 0.1) is 11.6 Å². The summed E-state index contributed by atoms with van der Waals surface area (Å²) in [5, 5.41) is 6.10. The minimum absolute atomic E-state index is 0.0479. The van der Waals surface area contributed by atoms with E-state index in [1.54, 1.807) is 0 Å². The van der Waals surface area contributed by atoms with Crippen LogP contribution in [0.2, 0.25) is 0 Å². The Morgan fingerprint density at radius 2 is 2.13 bits per heavy atom. The fourth-order valence-corrected chi connectivity index (χ4v) is 1.27. The number of benzene rings is 1. The van der Waals surface area contributed by atoms with Gasteiger partial charge in [-0.1, -0.05) is 12.1 Å². The number of hydrogen-bond acceptors (Lipinski definition) is 3. The monoisotopic (exact) mass is 210 g/mol. The van der Waals surface area contributed by atoms with Gasteiger partial charge in [0.2, 0.25) is 0 Å². The lowest BCUT2D eigenvalue weighted by Gasteiger charge is -2.09. The summed E-state index contributed by atoms with van der Waals surface area (Å²) in [5.41, 5.74) is 5.74. The smallest absolute Gasteiger partial charge is 0.164 e. The molecule has 1 aromatic heterocycles. The van der Waals surface area contributed by atoms with Crippen molar-refractivity contribution in [2.24, 2.45) is 5.73 Å². The summed E-state index contributed by atoms with van der Waals surface area (Å²) < 4.78 is 26.2. The van der Waals surface area contributed by atoms with E-state index < -0.39 is 17.7 Å². The third-order valence-corrected chi connectivity index (χ3v) is 2.04. The van der Waals surface area contributed by atoms with Crippen LogP contribution in [-0.4, -0.2) is 15.2 Å². The summed E-state index contributed by atoms with van der Waals surface area (Å²) in [7, 11) is 0. The largest absolute Gasteiger partial charge is 0.318 e. The van der Waals surface area contributed by atoms with E-state index in [1.807, 2.05) is 0 Å². The van der Waals surface area contributed by atoms with Crippen LogP contribution in [0.15, 0.2) is 24.5 Å². The first-order valence-corrected chi connectivity index (χ1v) is 4.25. The topological polar surface area (TPSA) is 67.6 Å². The first-order valence-electron chi connectivity index (χ1n) is 4.25. The molecule has 0 aliphatic carbocycles. The molecule has 0 saturated heterocycles. The molecule has 3 N–H and O–H groups in total. The molecular weight excluding hydrogens is 202 g/mol. The van der Waals surface area contributed by atoms with E-state index >= 15 is 0 Å². The van der Waals surface area contributed by atoms with Crippen LogP contribution < -0.4 is 5.73 Å². The molecule has 1 heterocycles. The highest BCUT2D eigenvalue weighted by atomic mass is 19.2. The zero-order valence-electron chi connectivity index (χ0n) is 7.61. The zero-order valence-corrected chi connectivity index (χ0v) is 7.61. The van der Waals surface area contributed by atoms with Crippen molar-refractivity contribution in [2.75, 3.05) is 0 Å². The van der Waals surface area contributed by atoms with Crippen LogP contribution in [0.25, 0.3) is 0 Å². The van der Waals surface area contributed by atoms with Gasteiger partial charge in [0.05, 0.1) is 6.04 Å². The van der Waals surface area contributed by atoms with Gasteiger partial charge < -0.3 is 5.73 Å². The van der Waals surface area contributed by atoms with Crippen molar-refractivity contribution in [1.82, 2.24) is 15.2 Å². The van der Waals surface area contributed by atoms with Crippen molar-refractivity contribution >= 4 is 0 Å². The van der Waals surface area contributed by atoms with E-state index in [0.717, 1.165) is 6.07 Å². The summed E-state index contributed by atoms with van der Waals surface area (Å²) in [6.07, 6.45) is 1.26. The Morgan fingerprint density at radius 1 is 1.33 bits per heavy atom. The van der Waals surface area contributed by atoms with Gasteiger partial charge in [0.15, 0.2) is 11.6 Å². The number of hydrogen-bond donors (Lipinski definition) is 2. The second-order valence-corrected chi connectivity index (χ2v) is 2.99. The molecule has 2 aromatic rings. The number of aromatic amines is 1. The number of rotatable bonds is 2. The predicted octanol–water partition coefficient (Wildman–Crippen LogP) is 1.13. The number of halogens is 2. The number of nitrogens with two attached hydrogens (primary N) is 1. The molecule has 78 valence electrons. The van der Waals surface area contributed by atoms with E-state index in [1.165, 1.54) is 18.5 Å². The average molecular weight is 210 g/mol. The second kappa shape index (κ2) is 3.74. The lowest BCUT2D eigenvalue weighted by Crippen LogP contribution is -2.16. The predicted molar refractivity (Wildman–Crippen MR) is 48.8 cm³/mol. The maximum atomic E-state index is 13.3. The van der Waals surface area contributed by atoms with Crippen molar-refractivity contribution < 1.29 is 8.78 Å². The van der Waals surface area contributed by atoms with Crippen molar-refractivity contribution in [3.8, 4) is 0 Å². The Balaban J connectivity index is 2.42. The van der Waals surface area contributed by atoms with Gasteiger partial charge in [-0.3, -0.25) is 5.10 Å². The molecule has 4 nitrogen and oxygen atoms in total. The molecule has 0 aliphatic rings. The van der Waals surface area contributed by atoms with E-state index in [9.17, 15) is 8.78 Å². The van der Waals surface area contributed by atoms with E-state index in [-0.39, 0.29) is 5.56 Å². The van der Waals surface area contributed by atoms with E-state index in [4.69, 9.17) is 5.73 Å². The number of aromatic nitrogens is 3. The highest BCUT2D eigenvalue weighted by Crippen LogP contribution is 2.20. The molecule has 1 unspecified atom stereocenters. The van der Waals surface area contributed by atoms with Crippen LogP contribution in [0.4, 0.5) is 8.78 Å². The van der Waals surface area contributed by atoms with Gasteiger partial charge in [-0.15, -0.1) is 0 Å². The molecule has 6 heteroatoms. The molecule has 1 atom stereocenters. The van der Waals surface area contributed by atoms with Crippen LogP contribution >= 0.6 is 0 Å². The molecule has 1 aromatic carbocycles. The molecule has 0 spiro atoms. The van der Waals surface area contributed by atoms with Crippen LogP contribution in [0.3, 0.4) is 0 Å². The highest BCUT2D eigenvalue weighted by molar-refractivity contribution is 5.26. The summed E-state index contributed by atoms with van der Waals surface area (Å²) >= 11 is 0. The van der Waals surface area contributed by atoms with Gasteiger partial charge in [-0.05, 0) is 6.07 Å². The maximum Gasteiger partial charge on any atom is 0.164 e. The van der Waals surface area contributed by atoms with Gasteiger partial charge in [-0.2, -0.15) is 5.10 Å². The van der Waals surface area contributed by atoms with Gasteiger partial charge in [0, 0.05) is 5.56 Å².